The van der Waals surface area contributed by atoms with Gasteiger partial charge in [0.05, 0.1) is 5.01 Å². The van der Waals surface area contributed by atoms with Gasteiger partial charge in [0.25, 0.3) is 11.8 Å². The lowest BCUT2D eigenvalue weighted by Crippen LogP contribution is -2.44. The molecule has 1 aromatic heterocycles. The van der Waals surface area contributed by atoms with Gasteiger partial charge in [-0.1, -0.05) is 48.5 Å². The number of rotatable bonds is 7. The standard InChI is InChI=1S/C30H28FN3O3S/c1-20(37-24-7-3-2-4-8-24)30(36)34-17-15-22(16-18-34)29-33-27(19-38-29)28(35)32-26-10-6-5-9-25(26)21-11-13-23(31)14-12-21/h2-14,19-20,22H,15-18H2,1H3,(H,32,35). The van der Waals surface area contributed by atoms with Crippen molar-refractivity contribution in [1.82, 2.24) is 9.88 Å². The number of halogens is 1. The van der Waals surface area contributed by atoms with Gasteiger partial charge in [0.1, 0.15) is 17.3 Å². The topological polar surface area (TPSA) is 71.5 Å². The minimum atomic E-state index is -0.554. The van der Waals surface area contributed by atoms with E-state index >= 15 is 0 Å². The first-order valence-corrected chi connectivity index (χ1v) is 13.5. The fourth-order valence-corrected chi connectivity index (χ4v) is 5.57. The van der Waals surface area contributed by atoms with E-state index in [-0.39, 0.29) is 23.5 Å². The molecule has 4 aromatic rings. The van der Waals surface area contributed by atoms with Gasteiger partial charge in [-0.2, -0.15) is 0 Å². The van der Waals surface area contributed by atoms with Gasteiger partial charge in [-0.15, -0.1) is 11.3 Å². The molecule has 0 radical (unpaired) electrons. The molecule has 38 heavy (non-hydrogen) atoms. The molecule has 2 amide bonds. The number of benzene rings is 3. The molecule has 0 spiro atoms. The molecule has 1 aliphatic rings. The second-order valence-electron chi connectivity index (χ2n) is 9.25. The van der Waals surface area contributed by atoms with Crippen LogP contribution in [0.1, 0.15) is 41.2 Å². The lowest BCUT2D eigenvalue weighted by Gasteiger charge is -2.32. The zero-order valence-electron chi connectivity index (χ0n) is 21.0. The molecule has 194 valence electrons. The number of hydrogen-bond acceptors (Lipinski definition) is 5. The van der Waals surface area contributed by atoms with Crippen LogP contribution in [0.2, 0.25) is 0 Å². The summed E-state index contributed by atoms with van der Waals surface area (Å²) in [7, 11) is 0. The zero-order chi connectivity index (χ0) is 26.5. The van der Waals surface area contributed by atoms with Crippen LogP contribution in [-0.4, -0.2) is 40.9 Å². The van der Waals surface area contributed by atoms with Crippen molar-refractivity contribution in [1.29, 1.82) is 0 Å². The predicted molar refractivity (Wildman–Crippen MR) is 147 cm³/mol. The van der Waals surface area contributed by atoms with Crippen LogP contribution in [-0.2, 0) is 4.79 Å². The van der Waals surface area contributed by atoms with Gasteiger partial charge in [-0.3, -0.25) is 9.59 Å². The summed E-state index contributed by atoms with van der Waals surface area (Å²) in [6.07, 6.45) is 1.01. The first-order chi connectivity index (χ1) is 18.5. The van der Waals surface area contributed by atoms with E-state index in [1.807, 2.05) is 59.5 Å². The molecule has 3 aromatic carbocycles. The summed E-state index contributed by atoms with van der Waals surface area (Å²) >= 11 is 1.47. The number of aromatic nitrogens is 1. The number of ether oxygens (including phenoxy) is 1. The number of likely N-dealkylation sites (tertiary alicyclic amines) is 1. The summed E-state index contributed by atoms with van der Waals surface area (Å²) in [6.45, 7) is 3.03. The molecule has 0 bridgehead atoms. The Morgan fingerprint density at radius 1 is 1.00 bits per heavy atom. The van der Waals surface area contributed by atoms with Crippen molar-refractivity contribution in [2.45, 2.75) is 31.8 Å². The van der Waals surface area contributed by atoms with E-state index in [1.54, 1.807) is 24.4 Å². The predicted octanol–water partition coefficient (Wildman–Crippen LogP) is 6.38. The number of para-hydroxylation sites is 2. The van der Waals surface area contributed by atoms with Crippen molar-refractivity contribution in [2.75, 3.05) is 18.4 Å². The summed E-state index contributed by atoms with van der Waals surface area (Å²) in [5.41, 5.74) is 2.62. The average molecular weight is 530 g/mol. The summed E-state index contributed by atoms with van der Waals surface area (Å²) in [5.74, 6) is 0.253. The number of carbonyl (C=O) groups is 2. The molecule has 0 aliphatic carbocycles. The minimum absolute atomic E-state index is 0.0219. The normalized spacial score (nSPS) is 14.6. The molecule has 1 saturated heterocycles. The Kier molecular flexibility index (Phi) is 7.79. The quantitative estimate of drug-likeness (QED) is 0.302. The Balaban J connectivity index is 1.18. The molecule has 5 rings (SSSR count). The Bertz CT molecular complexity index is 1400. The van der Waals surface area contributed by atoms with Crippen molar-refractivity contribution in [3.05, 3.63) is 101 Å². The number of carbonyl (C=O) groups excluding carboxylic acids is 2. The maximum Gasteiger partial charge on any atom is 0.275 e. The molecular formula is C30H28FN3O3S. The van der Waals surface area contributed by atoms with Crippen LogP contribution < -0.4 is 10.1 Å². The molecule has 0 saturated carbocycles. The highest BCUT2D eigenvalue weighted by atomic mass is 32.1. The zero-order valence-corrected chi connectivity index (χ0v) is 21.8. The monoisotopic (exact) mass is 529 g/mol. The van der Waals surface area contributed by atoms with E-state index in [4.69, 9.17) is 4.74 Å². The van der Waals surface area contributed by atoms with Crippen molar-refractivity contribution in [3.63, 3.8) is 0 Å². The fourth-order valence-electron chi connectivity index (χ4n) is 4.60. The molecule has 1 unspecified atom stereocenters. The molecular weight excluding hydrogens is 501 g/mol. The van der Waals surface area contributed by atoms with Gasteiger partial charge in [-0.05, 0) is 55.7 Å². The van der Waals surface area contributed by atoms with E-state index in [1.165, 1.54) is 23.5 Å². The number of thiazole rings is 1. The van der Waals surface area contributed by atoms with Crippen LogP contribution >= 0.6 is 11.3 Å². The summed E-state index contributed by atoms with van der Waals surface area (Å²) in [4.78, 5) is 32.4. The van der Waals surface area contributed by atoms with E-state index in [0.717, 1.165) is 29.0 Å². The van der Waals surface area contributed by atoms with Crippen LogP contribution in [0.15, 0.2) is 84.2 Å². The minimum Gasteiger partial charge on any atom is -0.481 e. The summed E-state index contributed by atoms with van der Waals surface area (Å²) < 4.78 is 19.2. The molecule has 8 heteroatoms. The van der Waals surface area contributed by atoms with Crippen LogP contribution in [0.5, 0.6) is 5.75 Å². The Morgan fingerprint density at radius 3 is 2.42 bits per heavy atom. The lowest BCUT2D eigenvalue weighted by atomic mass is 9.97. The van der Waals surface area contributed by atoms with Crippen molar-refractivity contribution in [2.24, 2.45) is 0 Å². The van der Waals surface area contributed by atoms with Crippen LogP contribution in [0.4, 0.5) is 10.1 Å². The number of nitrogens with zero attached hydrogens (tertiary/aromatic N) is 2. The smallest absolute Gasteiger partial charge is 0.275 e. The first-order valence-electron chi connectivity index (χ1n) is 12.6. The maximum absolute atomic E-state index is 13.4. The lowest BCUT2D eigenvalue weighted by molar-refractivity contribution is -0.139. The molecule has 1 fully saturated rings. The molecule has 1 atom stereocenters. The third-order valence-electron chi connectivity index (χ3n) is 6.64. The van der Waals surface area contributed by atoms with Crippen molar-refractivity contribution >= 4 is 28.8 Å². The summed E-state index contributed by atoms with van der Waals surface area (Å²) in [6, 6.07) is 22.9. The molecule has 6 nitrogen and oxygen atoms in total. The van der Waals surface area contributed by atoms with E-state index in [0.29, 0.717) is 30.2 Å². The fraction of sp³-hybridized carbons (Fsp3) is 0.233. The Morgan fingerprint density at radius 2 is 1.68 bits per heavy atom. The number of amides is 2. The molecule has 1 N–H and O–H groups in total. The van der Waals surface area contributed by atoms with Gasteiger partial charge in [0.15, 0.2) is 6.10 Å². The Labute approximate surface area is 225 Å². The SMILES string of the molecule is CC(Oc1ccccc1)C(=O)N1CCC(c2nc(C(=O)Nc3ccccc3-c3ccc(F)cc3)cs2)CC1. The van der Waals surface area contributed by atoms with Gasteiger partial charge in [0, 0.05) is 35.6 Å². The number of anilines is 1. The van der Waals surface area contributed by atoms with Crippen molar-refractivity contribution < 1.29 is 18.7 Å². The highest BCUT2D eigenvalue weighted by Gasteiger charge is 2.29. The number of nitrogens with one attached hydrogen (secondary N) is 1. The average Bonchev–Trinajstić information content (AvgIpc) is 3.45. The second kappa shape index (κ2) is 11.6. The van der Waals surface area contributed by atoms with Crippen LogP contribution in [0.3, 0.4) is 0 Å². The van der Waals surface area contributed by atoms with Gasteiger partial charge < -0.3 is 15.0 Å². The van der Waals surface area contributed by atoms with Gasteiger partial charge in [-0.25, -0.2) is 9.37 Å². The number of piperidine rings is 1. The second-order valence-corrected chi connectivity index (χ2v) is 10.1. The highest BCUT2D eigenvalue weighted by molar-refractivity contribution is 7.10. The first kappa shape index (κ1) is 25.6. The van der Waals surface area contributed by atoms with Gasteiger partial charge >= 0.3 is 0 Å². The maximum atomic E-state index is 13.4. The largest absolute Gasteiger partial charge is 0.481 e. The van der Waals surface area contributed by atoms with E-state index in [2.05, 4.69) is 10.3 Å². The summed E-state index contributed by atoms with van der Waals surface area (Å²) in [5, 5.41) is 5.64. The molecule has 1 aliphatic heterocycles. The van der Waals surface area contributed by atoms with Crippen molar-refractivity contribution in [3.8, 4) is 16.9 Å². The van der Waals surface area contributed by atoms with E-state index in [9.17, 15) is 14.0 Å². The number of hydrogen-bond donors (Lipinski definition) is 1. The Hall–Kier alpha value is -4.04. The van der Waals surface area contributed by atoms with Crippen LogP contribution in [0.25, 0.3) is 11.1 Å². The van der Waals surface area contributed by atoms with Gasteiger partial charge in [0.2, 0.25) is 0 Å². The third-order valence-corrected chi connectivity index (χ3v) is 7.65. The molecule has 2 heterocycles. The van der Waals surface area contributed by atoms with Crippen LogP contribution in [0, 0.1) is 5.82 Å². The van der Waals surface area contributed by atoms with E-state index < -0.39 is 6.10 Å². The third kappa shape index (κ3) is 5.92. The highest BCUT2D eigenvalue weighted by Crippen LogP contribution is 2.32.